The quantitative estimate of drug-likeness (QED) is 0.765. The number of aryl methyl sites for hydroxylation is 1. The Morgan fingerprint density at radius 2 is 2.14 bits per heavy atom. The van der Waals surface area contributed by atoms with Crippen molar-refractivity contribution in [2.45, 2.75) is 18.2 Å². The van der Waals surface area contributed by atoms with E-state index in [1.165, 1.54) is 16.7 Å². The Labute approximate surface area is 122 Å². The molecular formula is C13H18N2O5S. The van der Waals surface area contributed by atoms with Gasteiger partial charge in [0, 0.05) is 32.9 Å². The number of ether oxygens (including phenoxy) is 1. The third-order valence-electron chi connectivity index (χ3n) is 3.04. The summed E-state index contributed by atoms with van der Waals surface area (Å²) in [6.07, 6.45) is 0.593. The lowest BCUT2D eigenvalue weighted by atomic mass is 10.3. The van der Waals surface area contributed by atoms with E-state index >= 15 is 0 Å². The fraction of sp³-hybridized carbons (Fsp3) is 0.462. The Morgan fingerprint density at radius 3 is 2.86 bits per heavy atom. The number of sulfonamides is 1. The summed E-state index contributed by atoms with van der Waals surface area (Å²) >= 11 is 0. The molecule has 0 aliphatic carbocycles. The van der Waals surface area contributed by atoms with Crippen molar-refractivity contribution in [3.8, 4) is 0 Å². The number of benzene rings is 1. The van der Waals surface area contributed by atoms with Crippen LogP contribution in [-0.2, 0) is 21.8 Å². The largest absolute Gasteiger partial charge is 0.419 e. The zero-order chi connectivity index (χ0) is 15.5. The van der Waals surface area contributed by atoms with Gasteiger partial charge in [-0.05, 0) is 25.5 Å². The van der Waals surface area contributed by atoms with E-state index in [1.807, 2.05) is 6.92 Å². The van der Waals surface area contributed by atoms with Gasteiger partial charge in [0.25, 0.3) is 0 Å². The van der Waals surface area contributed by atoms with Gasteiger partial charge >= 0.3 is 5.76 Å². The monoisotopic (exact) mass is 314 g/mol. The molecule has 8 heteroatoms. The maximum atomic E-state index is 12.1. The number of rotatable bonds is 7. The number of aromatic nitrogens is 1. The molecule has 0 amide bonds. The Hall–Kier alpha value is -1.64. The highest BCUT2D eigenvalue weighted by Crippen LogP contribution is 2.17. The van der Waals surface area contributed by atoms with Crippen molar-refractivity contribution in [2.24, 2.45) is 7.05 Å². The van der Waals surface area contributed by atoms with Gasteiger partial charge in [-0.15, -0.1) is 0 Å². The van der Waals surface area contributed by atoms with Crippen LogP contribution in [0.2, 0.25) is 0 Å². The van der Waals surface area contributed by atoms with Gasteiger partial charge in [-0.25, -0.2) is 17.9 Å². The van der Waals surface area contributed by atoms with Gasteiger partial charge in [0.05, 0.1) is 10.4 Å². The zero-order valence-electron chi connectivity index (χ0n) is 12.0. The summed E-state index contributed by atoms with van der Waals surface area (Å²) in [4.78, 5) is 11.5. The van der Waals surface area contributed by atoms with Gasteiger partial charge in [0.2, 0.25) is 10.0 Å². The smallest absolute Gasteiger partial charge is 0.408 e. The molecule has 0 bridgehead atoms. The first-order valence-electron chi connectivity index (χ1n) is 6.62. The van der Waals surface area contributed by atoms with Crippen LogP contribution < -0.4 is 10.5 Å². The predicted octanol–water partition coefficient (Wildman–Crippen LogP) is 0.836. The van der Waals surface area contributed by atoms with Crippen LogP contribution in [0, 0.1) is 0 Å². The second-order valence-corrected chi connectivity index (χ2v) is 6.27. The Kier molecular flexibility index (Phi) is 4.81. The van der Waals surface area contributed by atoms with E-state index in [-0.39, 0.29) is 10.5 Å². The van der Waals surface area contributed by atoms with E-state index in [1.54, 1.807) is 13.1 Å². The van der Waals surface area contributed by atoms with Crippen molar-refractivity contribution in [1.29, 1.82) is 0 Å². The first-order chi connectivity index (χ1) is 9.95. The topological polar surface area (TPSA) is 90.5 Å². The molecule has 1 heterocycles. The summed E-state index contributed by atoms with van der Waals surface area (Å²) < 4.78 is 38.2. The second kappa shape index (κ2) is 6.42. The average Bonchev–Trinajstić information content (AvgIpc) is 2.73. The fourth-order valence-electron chi connectivity index (χ4n) is 1.89. The van der Waals surface area contributed by atoms with Crippen molar-refractivity contribution >= 4 is 21.1 Å². The standard InChI is InChI=1S/C13H18N2O5S/c1-3-19-8-4-7-14-21(17,18)10-5-6-11-12(9-10)20-13(16)15(11)2/h5-6,9,14H,3-4,7-8H2,1-2H3. The molecule has 0 spiro atoms. The molecule has 1 N–H and O–H groups in total. The van der Waals surface area contributed by atoms with Crippen LogP contribution >= 0.6 is 0 Å². The number of oxazole rings is 1. The molecule has 21 heavy (non-hydrogen) atoms. The second-order valence-electron chi connectivity index (χ2n) is 4.50. The summed E-state index contributed by atoms with van der Waals surface area (Å²) in [5, 5.41) is 0. The van der Waals surface area contributed by atoms with Crippen LogP contribution in [0.25, 0.3) is 11.1 Å². The Morgan fingerprint density at radius 1 is 1.38 bits per heavy atom. The lowest BCUT2D eigenvalue weighted by Crippen LogP contribution is -2.25. The molecule has 0 radical (unpaired) electrons. The summed E-state index contributed by atoms with van der Waals surface area (Å²) in [6.45, 7) is 3.29. The lowest BCUT2D eigenvalue weighted by Gasteiger charge is -2.06. The van der Waals surface area contributed by atoms with Gasteiger partial charge in [0.1, 0.15) is 0 Å². The molecule has 116 valence electrons. The van der Waals surface area contributed by atoms with Crippen LogP contribution in [0.4, 0.5) is 0 Å². The molecule has 0 saturated carbocycles. The summed E-state index contributed by atoms with van der Waals surface area (Å²) in [5.41, 5.74) is 0.801. The number of hydrogen-bond donors (Lipinski definition) is 1. The minimum Gasteiger partial charge on any atom is -0.408 e. The number of fused-ring (bicyclic) bond motifs is 1. The fourth-order valence-corrected chi connectivity index (χ4v) is 2.98. The maximum absolute atomic E-state index is 12.1. The van der Waals surface area contributed by atoms with Crippen molar-refractivity contribution < 1.29 is 17.6 Å². The van der Waals surface area contributed by atoms with Gasteiger partial charge in [-0.2, -0.15) is 0 Å². The van der Waals surface area contributed by atoms with Gasteiger partial charge in [-0.1, -0.05) is 0 Å². The van der Waals surface area contributed by atoms with Crippen molar-refractivity contribution in [2.75, 3.05) is 19.8 Å². The molecule has 0 aliphatic heterocycles. The molecule has 1 aromatic carbocycles. The number of nitrogens with one attached hydrogen (secondary N) is 1. The Bertz CT molecular complexity index is 775. The molecule has 0 atom stereocenters. The highest BCUT2D eigenvalue weighted by molar-refractivity contribution is 7.89. The van der Waals surface area contributed by atoms with Crippen LogP contribution in [0.5, 0.6) is 0 Å². The van der Waals surface area contributed by atoms with E-state index in [2.05, 4.69) is 4.72 Å². The highest BCUT2D eigenvalue weighted by Gasteiger charge is 2.16. The van der Waals surface area contributed by atoms with E-state index in [4.69, 9.17) is 9.15 Å². The molecule has 0 unspecified atom stereocenters. The van der Waals surface area contributed by atoms with Crippen LogP contribution in [-0.4, -0.2) is 32.7 Å². The molecular weight excluding hydrogens is 296 g/mol. The van der Waals surface area contributed by atoms with E-state index in [0.717, 1.165) is 0 Å². The molecule has 2 rings (SSSR count). The minimum absolute atomic E-state index is 0.0701. The van der Waals surface area contributed by atoms with Crippen LogP contribution in [0.3, 0.4) is 0 Å². The van der Waals surface area contributed by atoms with Gasteiger partial charge < -0.3 is 9.15 Å². The van der Waals surface area contributed by atoms with E-state index < -0.39 is 15.8 Å². The summed E-state index contributed by atoms with van der Waals surface area (Å²) in [7, 11) is -2.06. The van der Waals surface area contributed by atoms with Gasteiger partial charge in [-0.3, -0.25) is 4.57 Å². The molecule has 7 nitrogen and oxygen atoms in total. The SMILES string of the molecule is CCOCCCNS(=O)(=O)c1ccc2c(c1)oc(=O)n2C. The normalized spacial score (nSPS) is 12.1. The number of nitrogens with zero attached hydrogens (tertiary/aromatic N) is 1. The Balaban J connectivity index is 2.14. The first kappa shape index (κ1) is 15.7. The molecule has 0 saturated heterocycles. The zero-order valence-corrected chi connectivity index (χ0v) is 12.8. The van der Waals surface area contributed by atoms with E-state index in [0.29, 0.717) is 31.7 Å². The van der Waals surface area contributed by atoms with Crippen molar-refractivity contribution in [3.63, 3.8) is 0 Å². The maximum Gasteiger partial charge on any atom is 0.419 e. The molecule has 0 fully saturated rings. The predicted molar refractivity (Wildman–Crippen MR) is 77.8 cm³/mol. The van der Waals surface area contributed by atoms with Crippen molar-refractivity contribution in [3.05, 3.63) is 28.7 Å². The average molecular weight is 314 g/mol. The van der Waals surface area contributed by atoms with Crippen LogP contribution in [0.15, 0.2) is 32.3 Å². The summed E-state index contributed by atoms with van der Waals surface area (Å²) in [6, 6.07) is 4.35. The minimum atomic E-state index is -3.62. The summed E-state index contributed by atoms with van der Waals surface area (Å²) in [5.74, 6) is -0.524. The van der Waals surface area contributed by atoms with Gasteiger partial charge in [0.15, 0.2) is 5.58 Å². The highest BCUT2D eigenvalue weighted by atomic mass is 32.2. The lowest BCUT2D eigenvalue weighted by molar-refractivity contribution is 0.146. The molecule has 0 aliphatic rings. The third-order valence-corrected chi connectivity index (χ3v) is 4.49. The van der Waals surface area contributed by atoms with Crippen molar-refractivity contribution in [1.82, 2.24) is 9.29 Å². The molecule has 1 aromatic heterocycles. The third kappa shape index (κ3) is 3.52. The van der Waals surface area contributed by atoms with Crippen LogP contribution in [0.1, 0.15) is 13.3 Å². The number of hydrogen-bond acceptors (Lipinski definition) is 5. The van der Waals surface area contributed by atoms with E-state index in [9.17, 15) is 13.2 Å². The molecule has 2 aromatic rings. The first-order valence-corrected chi connectivity index (χ1v) is 8.11.